The zero-order valence-corrected chi connectivity index (χ0v) is 17.8. The average molecular weight is 401 g/mol. The van der Waals surface area contributed by atoms with Crippen molar-refractivity contribution in [1.29, 1.82) is 0 Å². The van der Waals surface area contributed by atoms with Crippen molar-refractivity contribution in [1.82, 2.24) is 20.0 Å². The summed E-state index contributed by atoms with van der Waals surface area (Å²) in [5.41, 5.74) is 3.22. The first kappa shape index (κ1) is 19.6. The van der Waals surface area contributed by atoms with E-state index in [-0.39, 0.29) is 5.91 Å². The number of nitrogens with one attached hydrogen (secondary N) is 1. The van der Waals surface area contributed by atoms with Crippen molar-refractivity contribution >= 4 is 17.2 Å². The average Bonchev–Trinajstić information content (AvgIpc) is 3.27. The molecule has 6 heteroatoms. The van der Waals surface area contributed by atoms with Gasteiger partial charge in [0, 0.05) is 48.4 Å². The van der Waals surface area contributed by atoms with Gasteiger partial charge in [-0.1, -0.05) is 18.9 Å². The molecule has 2 aromatic heterocycles. The second kappa shape index (κ2) is 9.23. The Balaban J connectivity index is 1.46. The molecule has 1 saturated heterocycles. The third-order valence-electron chi connectivity index (χ3n) is 6.13. The highest BCUT2D eigenvalue weighted by molar-refractivity contribution is 7.09. The molecule has 3 heterocycles. The number of aromatic nitrogens is 2. The van der Waals surface area contributed by atoms with E-state index in [9.17, 15) is 4.79 Å². The van der Waals surface area contributed by atoms with Crippen LogP contribution in [0.1, 0.15) is 65.7 Å². The topological polar surface area (TPSA) is 50.2 Å². The second-order valence-electron chi connectivity index (χ2n) is 8.02. The van der Waals surface area contributed by atoms with E-state index >= 15 is 0 Å². The second-order valence-corrected chi connectivity index (χ2v) is 9.05. The molecule has 1 aliphatic carbocycles. The largest absolute Gasteiger partial charge is 0.337 e. The van der Waals surface area contributed by atoms with Crippen LogP contribution in [0.5, 0.6) is 0 Å². The minimum absolute atomic E-state index is 0.157. The summed E-state index contributed by atoms with van der Waals surface area (Å²) in [5, 5.41) is 10.6. The molecule has 0 bridgehead atoms. The van der Waals surface area contributed by atoms with Crippen molar-refractivity contribution in [2.75, 3.05) is 19.6 Å². The standard InChI is InChI=1S/C22H32N4OS/c1-2-26-20-10-9-17(23-12-11-18-8-7-15-28-18)16-19(20)21(24-26)22(27)25-13-5-3-4-6-14-25/h7-8,15,17,23H,2-6,9-14,16H2,1H3. The summed E-state index contributed by atoms with van der Waals surface area (Å²) < 4.78 is 2.07. The van der Waals surface area contributed by atoms with Crippen LogP contribution < -0.4 is 5.32 Å². The molecule has 0 radical (unpaired) electrons. The van der Waals surface area contributed by atoms with Crippen LogP contribution in [0.3, 0.4) is 0 Å². The first-order valence-electron chi connectivity index (χ1n) is 10.9. The summed E-state index contributed by atoms with van der Waals surface area (Å²) >= 11 is 1.82. The normalized spacial score (nSPS) is 20.0. The zero-order chi connectivity index (χ0) is 19.3. The van der Waals surface area contributed by atoms with E-state index in [0.29, 0.717) is 6.04 Å². The first-order valence-corrected chi connectivity index (χ1v) is 11.8. The number of aryl methyl sites for hydroxylation is 1. The fraction of sp³-hybridized carbons (Fsp3) is 0.636. The summed E-state index contributed by atoms with van der Waals surface area (Å²) in [6, 6.07) is 4.76. The molecule has 0 aromatic carbocycles. The van der Waals surface area contributed by atoms with Gasteiger partial charge in [-0.05, 0) is 56.9 Å². The first-order chi connectivity index (χ1) is 13.8. The van der Waals surface area contributed by atoms with Gasteiger partial charge in [-0.2, -0.15) is 5.10 Å². The van der Waals surface area contributed by atoms with E-state index in [0.717, 1.165) is 70.4 Å². The monoisotopic (exact) mass is 400 g/mol. The van der Waals surface area contributed by atoms with E-state index < -0.39 is 0 Å². The van der Waals surface area contributed by atoms with E-state index in [2.05, 4.69) is 34.4 Å². The lowest BCUT2D eigenvalue weighted by atomic mass is 9.91. The molecule has 0 saturated carbocycles. The lowest BCUT2D eigenvalue weighted by Crippen LogP contribution is -2.37. The maximum Gasteiger partial charge on any atom is 0.274 e. The summed E-state index contributed by atoms with van der Waals surface area (Å²) in [6.45, 7) is 5.73. The molecule has 5 nitrogen and oxygen atoms in total. The highest BCUT2D eigenvalue weighted by atomic mass is 32.1. The molecule has 1 aliphatic heterocycles. The fourth-order valence-electron chi connectivity index (χ4n) is 4.57. The van der Waals surface area contributed by atoms with Crippen molar-refractivity contribution in [2.45, 2.75) is 70.9 Å². The van der Waals surface area contributed by atoms with E-state index in [1.54, 1.807) is 0 Å². The molecule has 2 aromatic rings. The highest BCUT2D eigenvalue weighted by Gasteiger charge is 2.30. The number of carbonyl (C=O) groups is 1. The van der Waals surface area contributed by atoms with Gasteiger partial charge in [0.2, 0.25) is 0 Å². The summed E-state index contributed by atoms with van der Waals surface area (Å²) in [7, 11) is 0. The van der Waals surface area contributed by atoms with Crippen molar-refractivity contribution in [3.63, 3.8) is 0 Å². The molecular formula is C22H32N4OS. The smallest absolute Gasteiger partial charge is 0.274 e. The highest BCUT2D eigenvalue weighted by Crippen LogP contribution is 2.27. The maximum atomic E-state index is 13.3. The van der Waals surface area contributed by atoms with Crippen LogP contribution in [0.4, 0.5) is 0 Å². The minimum atomic E-state index is 0.157. The number of likely N-dealkylation sites (tertiary alicyclic amines) is 1. The molecule has 1 amide bonds. The van der Waals surface area contributed by atoms with Gasteiger partial charge < -0.3 is 10.2 Å². The molecule has 4 rings (SSSR count). The van der Waals surface area contributed by atoms with Gasteiger partial charge in [-0.3, -0.25) is 9.48 Å². The molecule has 1 unspecified atom stereocenters. The van der Waals surface area contributed by atoms with E-state index in [1.807, 2.05) is 16.2 Å². The Kier molecular flexibility index (Phi) is 6.47. The molecule has 1 N–H and O–H groups in total. The number of amides is 1. The number of nitrogens with zero attached hydrogens (tertiary/aromatic N) is 3. The molecule has 2 aliphatic rings. The Morgan fingerprint density at radius 1 is 1.29 bits per heavy atom. The third-order valence-corrected chi connectivity index (χ3v) is 7.06. The predicted molar refractivity (Wildman–Crippen MR) is 114 cm³/mol. The molecule has 0 spiro atoms. The number of carbonyl (C=O) groups excluding carboxylic acids is 1. The molecular weight excluding hydrogens is 368 g/mol. The van der Waals surface area contributed by atoms with Gasteiger partial charge in [0.25, 0.3) is 5.91 Å². The van der Waals surface area contributed by atoms with Gasteiger partial charge in [0.1, 0.15) is 0 Å². The Morgan fingerprint density at radius 3 is 2.82 bits per heavy atom. The van der Waals surface area contributed by atoms with Gasteiger partial charge >= 0.3 is 0 Å². The van der Waals surface area contributed by atoms with E-state index in [1.165, 1.54) is 29.0 Å². The van der Waals surface area contributed by atoms with Crippen LogP contribution in [0.15, 0.2) is 17.5 Å². The van der Waals surface area contributed by atoms with Crippen LogP contribution in [-0.4, -0.2) is 46.3 Å². The molecule has 152 valence electrons. The Hall–Kier alpha value is -1.66. The van der Waals surface area contributed by atoms with Crippen molar-refractivity contribution in [3.05, 3.63) is 39.3 Å². The zero-order valence-electron chi connectivity index (χ0n) is 17.0. The Bertz CT molecular complexity index is 775. The lowest BCUT2D eigenvalue weighted by molar-refractivity contribution is 0.0753. The lowest BCUT2D eigenvalue weighted by Gasteiger charge is -2.25. The number of thiophene rings is 1. The van der Waals surface area contributed by atoms with Gasteiger partial charge in [0.15, 0.2) is 5.69 Å². The Labute approximate surface area is 172 Å². The Morgan fingerprint density at radius 2 is 2.11 bits per heavy atom. The summed E-state index contributed by atoms with van der Waals surface area (Å²) in [6.07, 6.45) is 8.86. The third kappa shape index (κ3) is 4.33. The van der Waals surface area contributed by atoms with Crippen molar-refractivity contribution in [2.24, 2.45) is 0 Å². The quantitative estimate of drug-likeness (QED) is 0.805. The number of rotatable bonds is 6. The SMILES string of the molecule is CCn1nc(C(=O)N2CCCCCC2)c2c1CCC(NCCc1cccs1)C2. The number of hydrogen-bond donors (Lipinski definition) is 1. The van der Waals surface area contributed by atoms with Crippen molar-refractivity contribution in [3.8, 4) is 0 Å². The van der Waals surface area contributed by atoms with Crippen LogP contribution in [0.2, 0.25) is 0 Å². The number of fused-ring (bicyclic) bond motifs is 1. The summed E-state index contributed by atoms with van der Waals surface area (Å²) in [4.78, 5) is 16.7. The maximum absolute atomic E-state index is 13.3. The molecule has 1 fully saturated rings. The van der Waals surface area contributed by atoms with E-state index in [4.69, 9.17) is 5.10 Å². The molecule has 28 heavy (non-hydrogen) atoms. The predicted octanol–water partition coefficient (Wildman–Crippen LogP) is 3.67. The van der Waals surface area contributed by atoms with Crippen LogP contribution in [0, 0.1) is 0 Å². The van der Waals surface area contributed by atoms with Crippen LogP contribution >= 0.6 is 11.3 Å². The van der Waals surface area contributed by atoms with Crippen molar-refractivity contribution < 1.29 is 4.79 Å². The minimum Gasteiger partial charge on any atom is -0.337 e. The van der Waals surface area contributed by atoms with Crippen LogP contribution in [0.25, 0.3) is 0 Å². The number of hydrogen-bond acceptors (Lipinski definition) is 4. The van der Waals surface area contributed by atoms with Gasteiger partial charge in [-0.25, -0.2) is 0 Å². The molecule has 1 atom stereocenters. The summed E-state index contributed by atoms with van der Waals surface area (Å²) in [5.74, 6) is 0.157. The van der Waals surface area contributed by atoms with Gasteiger partial charge in [0.05, 0.1) is 0 Å². The van der Waals surface area contributed by atoms with Crippen LogP contribution in [-0.2, 0) is 25.8 Å². The fourth-order valence-corrected chi connectivity index (χ4v) is 5.28. The van der Waals surface area contributed by atoms with Gasteiger partial charge in [-0.15, -0.1) is 11.3 Å².